The lowest BCUT2D eigenvalue weighted by Crippen LogP contribution is -2.56. The molecule has 2 aliphatic heterocycles. The fourth-order valence-electron chi connectivity index (χ4n) is 3.78. The molecule has 0 amide bonds. The number of hydrogen-bond acceptors (Lipinski definition) is 6. The normalized spacial score (nSPS) is 31.2. The maximum absolute atomic E-state index is 12.9. The van der Waals surface area contributed by atoms with Crippen molar-refractivity contribution >= 4 is 5.82 Å². The average Bonchev–Trinajstić information content (AvgIpc) is 2.59. The number of piperidine rings is 2. The van der Waals surface area contributed by atoms with Gasteiger partial charge in [0, 0.05) is 38.9 Å². The Bertz CT molecular complexity index is 604. The predicted molar refractivity (Wildman–Crippen MR) is 88.6 cm³/mol. The molecule has 2 aliphatic rings. The Morgan fingerprint density at radius 1 is 1.12 bits per heavy atom. The fourth-order valence-corrected chi connectivity index (χ4v) is 3.78. The van der Waals surface area contributed by atoms with Crippen LogP contribution < -0.4 is 4.90 Å². The van der Waals surface area contributed by atoms with E-state index in [4.69, 9.17) is 0 Å². The molecule has 3 rings (SSSR count). The molecular weight excluding hydrogens is 351 g/mol. The number of halogens is 3. The van der Waals surface area contributed by atoms with E-state index in [-0.39, 0.29) is 19.0 Å². The first kappa shape index (κ1) is 19.3. The number of anilines is 1. The van der Waals surface area contributed by atoms with Gasteiger partial charge in [0.2, 0.25) is 0 Å². The number of aliphatic hydroxyl groups is 3. The van der Waals surface area contributed by atoms with E-state index in [0.29, 0.717) is 25.5 Å². The van der Waals surface area contributed by atoms with Crippen molar-refractivity contribution in [2.45, 2.75) is 37.3 Å². The van der Waals surface area contributed by atoms with Crippen LogP contribution in [-0.2, 0) is 6.18 Å². The SMILES string of the molecule is O[C@H]1[C@H](O)CN(C[C@H]2CCCN(c3cc(C(F)(F)F)ccn3)C2)C[C@@H]1O. The number of hydrogen-bond donors (Lipinski definition) is 3. The number of likely N-dealkylation sites (tertiary alicyclic amines) is 1. The molecule has 0 unspecified atom stereocenters. The third-order valence-electron chi connectivity index (χ3n) is 5.11. The topological polar surface area (TPSA) is 80.1 Å². The maximum atomic E-state index is 12.9. The van der Waals surface area contributed by atoms with Crippen LogP contribution in [0.5, 0.6) is 0 Å². The molecule has 1 aromatic rings. The molecule has 26 heavy (non-hydrogen) atoms. The summed E-state index contributed by atoms with van der Waals surface area (Å²) >= 11 is 0. The van der Waals surface area contributed by atoms with Gasteiger partial charge in [-0.3, -0.25) is 4.90 Å². The zero-order valence-electron chi connectivity index (χ0n) is 14.3. The van der Waals surface area contributed by atoms with Gasteiger partial charge < -0.3 is 20.2 Å². The quantitative estimate of drug-likeness (QED) is 0.722. The highest BCUT2D eigenvalue weighted by Crippen LogP contribution is 2.32. The van der Waals surface area contributed by atoms with Crippen LogP contribution in [0.25, 0.3) is 0 Å². The average molecular weight is 375 g/mol. The van der Waals surface area contributed by atoms with Crippen LogP contribution in [0.1, 0.15) is 18.4 Å². The van der Waals surface area contributed by atoms with E-state index in [1.54, 1.807) is 0 Å². The summed E-state index contributed by atoms with van der Waals surface area (Å²) in [5.74, 6) is 0.508. The molecule has 1 aromatic heterocycles. The molecule has 3 heterocycles. The van der Waals surface area contributed by atoms with Crippen LogP contribution in [-0.4, -0.2) is 76.2 Å². The second-order valence-corrected chi connectivity index (χ2v) is 7.20. The lowest BCUT2D eigenvalue weighted by Gasteiger charge is -2.41. The van der Waals surface area contributed by atoms with E-state index < -0.39 is 30.1 Å². The van der Waals surface area contributed by atoms with E-state index in [9.17, 15) is 28.5 Å². The summed E-state index contributed by atoms with van der Waals surface area (Å²) in [5, 5.41) is 29.2. The summed E-state index contributed by atoms with van der Waals surface area (Å²) in [6.07, 6.45) is -4.59. The number of aliphatic hydroxyl groups excluding tert-OH is 3. The van der Waals surface area contributed by atoms with Crippen molar-refractivity contribution in [3.63, 3.8) is 0 Å². The minimum atomic E-state index is -4.40. The van der Waals surface area contributed by atoms with Gasteiger partial charge in [-0.25, -0.2) is 4.98 Å². The molecular formula is C17H24F3N3O3. The van der Waals surface area contributed by atoms with Gasteiger partial charge in [-0.2, -0.15) is 13.2 Å². The number of alkyl halides is 3. The Kier molecular flexibility index (Phi) is 5.71. The molecule has 146 valence electrons. The molecule has 6 nitrogen and oxygen atoms in total. The van der Waals surface area contributed by atoms with Crippen molar-refractivity contribution in [3.8, 4) is 0 Å². The summed E-state index contributed by atoms with van der Waals surface area (Å²) in [5.41, 5.74) is -0.708. The number of β-amino-alcohol motifs (C(OH)–C–C–N with tert-alkyl or cyclic N) is 2. The summed E-state index contributed by atoms with van der Waals surface area (Å²) in [7, 11) is 0. The van der Waals surface area contributed by atoms with Gasteiger partial charge in [0.15, 0.2) is 0 Å². The molecule has 0 radical (unpaired) electrons. The van der Waals surface area contributed by atoms with Gasteiger partial charge >= 0.3 is 6.18 Å². The van der Waals surface area contributed by atoms with Gasteiger partial charge in [0.05, 0.1) is 17.8 Å². The molecule has 0 saturated carbocycles. The van der Waals surface area contributed by atoms with Crippen molar-refractivity contribution in [1.82, 2.24) is 9.88 Å². The Hall–Kier alpha value is -1.42. The molecule has 0 spiro atoms. The Labute approximate surface area is 149 Å². The smallest absolute Gasteiger partial charge is 0.389 e. The second kappa shape index (κ2) is 7.67. The molecule has 9 heteroatoms. The number of pyridine rings is 1. The van der Waals surface area contributed by atoms with Crippen LogP contribution in [0.4, 0.5) is 19.0 Å². The lowest BCUT2D eigenvalue weighted by molar-refractivity contribution is -0.137. The Morgan fingerprint density at radius 2 is 1.81 bits per heavy atom. The number of rotatable bonds is 3. The van der Waals surface area contributed by atoms with E-state index >= 15 is 0 Å². The first-order chi connectivity index (χ1) is 12.2. The monoisotopic (exact) mass is 375 g/mol. The minimum Gasteiger partial charge on any atom is -0.389 e. The first-order valence-electron chi connectivity index (χ1n) is 8.79. The number of aromatic nitrogens is 1. The van der Waals surface area contributed by atoms with Gasteiger partial charge in [-0.05, 0) is 30.9 Å². The van der Waals surface area contributed by atoms with Crippen LogP contribution >= 0.6 is 0 Å². The fraction of sp³-hybridized carbons (Fsp3) is 0.706. The van der Waals surface area contributed by atoms with Crippen molar-refractivity contribution in [3.05, 3.63) is 23.9 Å². The van der Waals surface area contributed by atoms with Crippen molar-refractivity contribution in [2.24, 2.45) is 5.92 Å². The lowest BCUT2D eigenvalue weighted by atomic mass is 9.95. The highest BCUT2D eigenvalue weighted by Gasteiger charge is 2.35. The van der Waals surface area contributed by atoms with Crippen molar-refractivity contribution in [2.75, 3.05) is 37.6 Å². The molecule has 0 bridgehead atoms. The van der Waals surface area contributed by atoms with Gasteiger partial charge in [-0.15, -0.1) is 0 Å². The van der Waals surface area contributed by atoms with Crippen molar-refractivity contribution < 1.29 is 28.5 Å². The van der Waals surface area contributed by atoms with E-state index in [2.05, 4.69) is 4.98 Å². The van der Waals surface area contributed by atoms with Crippen LogP contribution in [0.3, 0.4) is 0 Å². The standard InChI is InChI=1S/C17H24F3N3O3/c18-17(19,20)12-3-4-21-15(6-12)23-5-1-2-11(8-23)7-22-9-13(24)16(26)14(25)10-22/h3-4,6,11,13-14,16,24-26H,1-2,5,7-10H2/t11-,13-,14+,16+/m1/s1. The molecule has 0 aliphatic carbocycles. The summed E-state index contributed by atoms with van der Waals surface area (Å²) in [4.78, 5) is 7.85. The predicted octanol–water partition coefficient (Wildman–Crippen LogP) is 0.715. The minimum absolute atomic E-state index is 0.190. The summed E-state index contributed by atoms with van der Waals surface area (Å²) in [6, 6.07) is 2.04. The molecule has 0 aromatic carbocycles. The third kappa shape index (κ3) is 4.46. The highest BCUT2D eigenvalue weighted by atomic mass is 19.4. The highest BCUT2D eigenvalue weighted by molar-refractivity contribution is 5.42. The molecule has 4 atom stereocenters. The maximum Gasteiger partial charge on any atom is 0.416 e. The third-order valence-corrected chi connectivity index (χ3v) is 5.11. The van der Waals surface area contributed by atoms with Crippen LogP contribution in [0.15, 0.2) is 18.3 Å². The van der Waals surface area contributed by atoms with Gasteiger partial charge in [0.1, 0.15) is 11.9 Å². The summed E-state index contributed by atoms with van der Waals surface area (Å²) in [6.45, 7) is 2.37. The van der Waals surface area contributed by atoms with Crippen molar-refractivity contribution in [1.29, 1.82) is 0 Å². The first-order valence-corrected chi connectivity index (χ1v) is 8.79. The number of nitrogens with zero attached hydrogens (tertiary/aromatic N) is 3. The van der Waals surface area contributed by atoms with Gasteiger partial charge in [0.25, 0.3) is 0 Å². The molecule has 2 fully saturated rings. The van der Waals surface area contributed by atoms with E-state index in [1.165, 1.54) is 6.20 Å². The Balaban J connectivity index is 1.63. The van der Waals surface area contributed by atoms with Crippen LogP contribution in [0, 0.1) is 5.92 Å². The Morgan fingerprint density at radius 3 is 2.46 bits per heavy atom. The van der Waals surface area contributed by atoms with E-state index in [1.807, 2.05) is 9.80 Å². The van der Waals surface area contributed by atoms with E-state index in [0.717, 1.165) is 25.0 Å². The molecule has 3 N–H and O–H groups in total. The van der Waals surface area contributed by atoms with Gasteiger partial charge in [-0.1, -0.05) is 0 Å². The second-order valence-electron chi connectivity index (χ2n) is 7.20. The van der Waals surface area contributed by atoms with Crippen LogP contribution in [0.2, 0.25) is 0 Å². The zero-order chi connectivity index (χ0) is 18.9. The summed E-state index contributed by atoms with van der Waals surface area (Å²) < 4.78 is 38.7. The zero-order valence-corrected chi connectivity index (χ0v) is 14.3. The largest absolute Gasteiger partial charge is 0.416 e. The molecule has 2 saturated heterocycles.